The zero-order chi connectivity index (χ0) is 17.9. The summed E-state index contributed by atoms with van der Waals surface area (Å²) in [5, 5.41) is 0. The summed E-state index contributed by atoms with van der Waals surface area (Å²) < 4.78 is 1.10. The van der Waals surface area contributed by atoms with E-state index in [2.05, 4.69) is 122 Å². The van der Waals surface area contributed by atoms with Gasteiger partial charge in [0.05, 0.1) is 0 Å². The van der Waals surface area contributed by atoms with Gasteiger partial charge >= 0.3 is 0 Å². The van der Waals surface area contributed by atoms with E-state index in [1.807, 2.05) is 0 Å². The van der Waals surface area contributed by atoms with E-state index in [0.29, 0.717) is 0 Å². The minimum Gasteiger partial charge on any atom is -0.0622 e. The van der Waals surface area contributed by atoms with Gasteiger partial charge in [-0.25, -0.2) is 0 Å². The number of rotatable bonds is 3. The molecule has 0 amide bonds. The molecule has 3 rings (SSSR count). The van der Waals surface area contributed by atoms with Gasteiger partial charge in [-0.15, -0.1) is 0 Å². The van der Waals surface area contributed by atoms with Gasteiger partial charge in [0, 0.05) is 4.47 Å². The van der Waals surface area contributed by atoms with Gasteiger partial charge in [0.25, 0.3) is 0 Å². The van der Waals surface area contributed by atoms with Crippen LogP contribution in [0.15, 0.2) is 83.3 Å². The first-order valence-corrected chi connectivity index (χ1v) is 9.36. The molecule has 0 bridgehead atoms. The SMILES string of the molecule is CC(C)(C)c1ccc(/C=C(\c2ccccc2)c2ccc(Br)cc2)cc1. The Labute approximate surface area is 159 Å². The van der Waals surface area contributed by atoms with Gasteiger partial charge < -0.3 is 0 Å². The third kappa shape index (κ3) is 4.49. The highest BCUT2D eigenvalue weighted by Crippen LogP contribution is 2.28. The largest absolute Gasteiger partial charge is 0.0622 e. The average molecular weight is 391 g/mol. The molecular weight excluding hydrogens is 368 g/mol. The van der Waals surface area contributed by atoms with Crippen LogP contribution >= 0.6 is 15.9 Å². The van der Waals surface area contributed by atoms with Crippen molar-refractivity contribution in [3.63, 3.8) is 0 Å². The van der Waals surface area contributed by atoms with Gasteiger partial charge in [-0.2, -0.15) is 0 Å². The van der Waals surface area contributed by atoms with E-state index in [9.17, 15) is 0 Å². The highest BCUT2D eigenvalue weighted by atomic mass is 79.9. The highest BCUT2D eigenvalue weighted by molar-refractivity contribution is 9.10. The fourth-order valence-electron chi connectivity index (χ4n) is 2.83. The van der Waals surface area contributed by atoms with Crippen molar-refractivity contribution in [1.82, 2.24) is 0 Å². The van der Waals surface area contributed by atoms with Crippen molar-refractivity contribution in [3.05, 3.63) is 106 Å². The first-order valence-electron chi connectivity index (χ1n) is 8.57. The van der Waals surface area contributed by atoms with Crippen molar-refractivity contribution in [2.24, 2.45) is 0 Å². The van der Waals surface area contributed by atoms with Gasteiger partial charge in [-0.05, 0) is 51.5 Å². The summed E-state index contributed by atoms with van der Waals surface area (Å²) in [7, 11) is 0. The number of benzene rings is 3. The second-order valence-electron chi connectivity index (χ2n) is 7.30. The first kappa shape index (κ1) is 17.7. The predicted octanol–water partition coefficient (Wildman–Crippen LogP) is 7.34. The van der Waals surface area contributed by atoms with Gasteiger partial charge in [0.15, 0.2) is 0 Å². The van der Waals surface area contributed by atoms with E-state index >= 15 is 0 Å². The molecule has 0 atom stereocenters. The van der Waals surface area contributed by atoms with Gasteiger partial charge in [0.2, 0.25) is 0 Å². The molecule has 0 N–H and O–H groups in total. The molecule has 0 saturated heterocycles. The lowest BCUT2D eigenvalue weighted by molar-refractivity contribution is 0.590. The van der Waals surface area contributed by atoms with Crippen molar-refractivity contribution in [2.45, 2.75) is 26.2 Å². The van der Waals surface area contributed by atoms with E-state index in [0.717, 1.165) is 4.47 Å². The number of hydrogen-bond donors (Lipinski definition) is 0. The van der Waals surface area contributed by atoms with E-state index in [1.165, 1.54) is 27.8 Å². The fraction of sp³-hybridized carbons (Fsp3) is 0.167. The molecule has 0 unspecified atom stereocenters. The van der Waals surface area contributed by atoms with Crippen LogP contribution in [0, 0.1) is 0 Å². The van der Waals surface area contributed by atoms with Crippen LogP contribution < -0.4 is 0 Å². The molecular formula is C24H23Br. The molecule has 126 valence electrons. The second-order valence-corrected chi connectivity index (χ2v) is 8.22. The fourth-order valence-corrected chi connectivity index (χ4v) is 3.09. The third-order valence-corrected chi connectivity index (χ3v) is 4.86. The third-order valence-electron chi connectivity index (χ3n) is 4.33. The molecule has 0 nitrogen and oxygen atoms in total. The van der Waals surface area contributed by atoms with Crippen LogP contribution in [-0.2, 0) is 5.41 Å². The normalized spacial score (nSPS) is 12.2. The van der Waals surface area contributed by atoms with Crippen molar-refractivity contribution in [2.75, 3.05) is 0 Å². The van der Waals surface area contributed by atoms with Crippen molar-refractivity contribution in [3.8, 4) is 0 Å². The Morgan fingerprint density at radius 2 is 1.28 bits per heavy atom. The average Bonchev–Trinajstić information content (AvgIpc) is 2.61. The minimum absolute atomic E-state index is 0.177. The monoisotopic (exact) mass is 390 g/mol. The minimum atomic E-state index is 0.177. The van der Waals surface area contributed by atoms with Crippen molar-refractivity contribution < 1.29 is 0 Å². The standard InChI is InChI=1S/C24H23Br/c1-24(2,3)21-13-9-18(10-14-21)17-23(19-7-5-4-6-8-19)20-11-15-22(25)16-12-20/h4-17H,1-3H3/b23-17+. The molecule has 0 aliphatic heterocycles. The van der Waals surface area contributed by atoms with E-state index < -0.39 is 0 Å². The van der Waals surface area contributed by atoms with Gasteiger partial charge in [-0.3, -0.25) is 0 Å². The molecule has 0 aliphatic carbocycles. The maximum absolute atomic E-state index is 3.52. The van der Waals surface area contributed by atoms with Crippen LogP contribution in [0.4, 0.5) is 0 Å². The molecule has 0 spiro atoms. The molecule has 0 saturated carbocycles. The van der Waals surface area contributed by atoms with Crippen molar-refractivity contribution in [1.29, 1.82) is 0 Å². The molecule has 0 aliphatic rings. The first-order chi connectivity index (χ1) is 11.9. The summed E-state index contributed by atoms with van der Waals surface area (Å²) >= 11 is 3.52. The summed E-state index contributed by atoms with van der Waals surface area (Å²) in [5.74, 6) is 0. The molecule has 0 fully saturated rings. The molecule has 0 heterocycles. The highest BCUT2D eigenvalue weighted by Gasteiger charge is 2.13. The zero-order valence-corrected chi connectivity index (χ0v) is 16.5. The summed E-state index contributed by atoms with van der Waals surface area (Å²) in [6.07, 6.45) is 2.27. The molecule has 3 aromatic carbocycles. The Morgan fingerprint density at radius 3 is 1.84 bits per heavy atom. The van der Waals surface area contributed by atoms with Gasteiger partial charge in [-0.1, -0.05) is 103 Å². The Hall–Kier alpha value is -2.12. The van der Waals surface area contributed by atoms with Crippen LogP contribution in [0.3, 0.4) is 0 Å². The molecule has 0 aromatic heterocycles. The Balaban J connectivity index is 2.05. The topological polar surface area (TPSA) is 0 Å². The van der Waals surface area contributed by atoms with E-state index in [4.69, 9.17) is 0 Å². The smallest absolute Gasteiger partial charge is 0.0175 e. The quantitative estimate of drug-likeness (QED) is 0.410. The summed E-state index contributed by atoms with van der Waals surface area (Å²) in [5.41, 5.74) is 6.43. The van der Waals surface area contributed by atoms with Crippen LogP contribution in [0.25, 0.3) is 11.6 Å². The predicted molar refractivity (Wildman–Crippen MR) is 113 cm³/mol. The summed E-state index contributed by atoms with van der Waals surface area (Å²) in [4.78, 5) is 0. The van der Waals surface area contributed by atoms with E-state index in [1.54, 1.807) is 0 Å². The lowest BCUT2D eigenvalue weighted by Gasteiger charge is -2.19. The van der Waals surface area contributed by atoms with Gasteiger partial charge in [0.1, 0.15) is 0 Å². The lowest BCUT2D eigenvalue weighted by atomic mass is 9.86. The Morgan fingerprint density at radius 1 is 0.720 bits per heavy atom. The molecule has 3 aromatic rings. The Kier molecular flexibility index (Phi) is 5.24. The van der Waals surface area contributed by atoms with Crippen LogP contribution in [0.2, 0.25) is 0 Å². The summed E-state index contributed by atoms with van der Waals surface area (Å²) in [6, 6.07) is 27.9. The number of hydrogen-bond acceptors (Lipinski definition) is 0. The lowest BCUT2D eigenvalue weighted by Crippen LogP contribution is -2.10. The zero-order valence-electron chi connectivity index (χ0n) is 15.0. The van der Waals surface area contributed by atoms with Crippen LogP contribution in [-0.4, -0.2) is 0 Å². The molecule has 25 heavy (non-hydrogen) atoms. The second kappa shape index (κ2) is 7.41. The number of halogens is 1. The Bertz CT molecular complexity index is 849. The summed E-state index contributed by atoms with van der Waals surface area (Å²) in [6.45, 7) is 6.74. The van der Waals surface area contributed by atoms with Crippen LogP contribution in [0.5, 0.6) is 0 Å². The maximum Gasteiger partial charge on any atom is 0.0175 e. The molecule has 0 radical (unpaired) electrons. The van der Waals surface area contributed by atoms with E-state index in [-0.39, 0.29) is 5.41 Å². The van der Waals surface area contributed by atoms with Crippen LogP contribution in [0.1, 0.15) is 43.0 Å². The van der Waals surface area contributed by atoms with Crippen molar-refractivity contribution >= 4 is 27.6 Å². The maximum atomic E-state index is 3.52. The molecule has 1 heteroatoms.